The Morgan fingerprint density at radius 3 is 2.64 bits per heavy atom. The first-order chi connectivity index (χ1) is 4.84. The van der Waals surface area contributed by atoms with Crippen molar-refractivity contribution in [2.24, 2.45) is 0 Å². The Morgan fingerprint density at radius 2 is 2.18 bits per heavy atom. The minimum atomic E-state index is 0. The second-order valence-corrected chi connectivity index (χ2v) is 2.15. The smallest absolute Gasteiger partial charge is 0.327 e. The van der Waals surface area contributed by atoms with Gasteiger partial charge in [-0.15, -0.1) is 19.9 Å². The zero-order valence-electron chi connectivity index (χ0n) is 6.76. The summed E-state index contributed by atoms with van der Waals surface area (Å²) in [5, 5.41) is 0. The van der Waals surface area contributed by atoms with Crippen LogP contribution in [0.4, 0.5) is 0 Å². The molecule has 55 valence electrons. The van der Waals surface area contributed by atoms with Crippen molar-refractivity contribution in [1.29, 1.82) is 0 Å². The van der Waals surface area contributed by atoms with Crippen LogP contribution in [0.5, 0.6) is 0 Å². The van der Waals surface area contributed by atoms with Crippen molar-refractivity contribution in [3.05, 3.63) is 42.0 Å². The summed E-state index contributed by atoms with van der Waals surface area (Å²) in [4.78, 5) is 0. The van der Waals surface area contributed by atoms with Gasteiger partial charge in [0.25, 0.3) is 0 Å². The molecular formula is C10H10V. The van der Waals surface area contributed by atoms with Crippen molar-refractivity contribution >= 4 is 5.57 Å². The SMILES string of the molecule is C[C-]=C(C)c1[c-]cccc1.[V+2]. The van der Waals surface area contributed by atoms with E-state index in [1.807, 2.05) is 38.1 Å². The van der Waals surface area contributed by atoms with E-state index in [9.17, 15) is 0 Å². The maximum atomic E-state index is 3.12. The number of benzene rings is 1. The maximum absolute atomic E-state index is 3.12. The van der Waals surface area contributed by atoms with Crippen LogP contribution >= 0.6 is 0 Å². The monoisotopic (exact) mass is 181 g/mol. The van der Waals surface area contributed by atoms with Gasteiger partial charge in [-0.1, -0.05) is 0 Å². The molecular weight excluding hydrogens is 171 g/mol. The van der Waals surface area contributed by atoms with Crippen LogP contribution in [0.15, 0.2) is 24.3 Å². The molecule has 0 saturated carbocycles. The van der Waals surface area contributed by atoms with Gasteiger partial charge in [-0.3, -0.25) is 0 Å². The predicted molar refractivity (Wildman–Crippen MR) is 43.3 cm³/mol. The average molecular weight is 181 g/mol. The fourth-order valence-electron chi connectivity index (χ4n) is 0.761. The molecule has 11 heavy (non-hydrogen) atoms. The Kier molecular flexibility index (Phi) is 5.01. The minimum Gasteiger partial charge on any atom is -0.327 e. The summed E-state index contributed by atoms with van der Waals surface area (Å²) < 4.78 is 0. The van der Waals surface area contributed by atoms with E-state index in [0.717, 1.165) is 11.1 Å². The summed E-state index contributed by atoms with van der Waals surface area (Å²) in [7, 11) is 0. The topological polar surface area (TPSA) is 0 Å². The first-order valence-corrected chi connectivity index (χ1v) is 3.33. The van der Waals surface area contributed by atoms with E-state index in [0.29, 0.717) is 0 Å². The third kappa shape index (κ3) is 2.96. The maximum Gasteiger partial charge on any atom is 2.00 e. The van der Waals surface area contributed by atoms with E-state index in [2.05, 4.69) is 12.1 Å². The predicted octanol–water partition coefficient (Wildman–Crippen LogP) is 2.71. The van der Waals surface area contributed by atoms with Crippen LogP contribution in [-0.4, -0.2) is 0 Å². The Bertz CT molecular complexity index is 224. The average Bonchev–Trinajstić information content (AvgIpc) is 2.05. The van der Waals surface area contributed by atoms with Gasteiger partial charge in [0, 0.05) is 0 Å². The number of rotatable bonds is 1. The molecule has 0 bridgehead atoms. The van der Waals surface area contributed by atoms with Gasteiger partial charge in [0.05, 0.1) is 0 Å². The summed E-state index contributed by atoms with van der Waals surface area (Å²) in [5.41, 5.74) is 2.28. The zero-order chi connectivity index (χ0) is 7.40. The third-order valence-electron chi connectivity index (χ3n) is 1.49. The molecule has 0 nitrogen and oxygen atoms in total. The molecule has 1 heteroatoms. The minimum absolute atomic E-state index is 0. The van der Waals surface area contributed by atoms with Crippen LogP contribution in [0.2, 0.25) is 0 Å². The largest absolute Gasteiger partial charge is 2.00 e. The molecule has 0 unspecified atom stereocenters. The van der Waals surface area contributed by atoms with Gasteiger partial charge < -0.3 is 17.2 Å². The van der Waals surface area contributed by atoms with E-state index in [1.54, 1.807) is 0 Å². The summed E-state index contributed by atoms with van der Waals surface area (Å²) in [5.74, 6) is 0. The van der Waals surface area contributed by atoms with Gasteiger partial charge in [0.1, 0.15) is 0 Å². The molecule has 0 fully saturated rings. The first kappa shape index (κ1) is 10.5. The molecule has 0 saturated heterocycles. The van der Waals surface area contributed by atoms with Crippen LogP contribution in [0.1, 0.15) is 19.4 Å². The van der Waals surface area contributed by atoms with Crippen molar-refractivity contribution in [2.75, 3.05) is 0 Å². The third-order valence-corrected chi connectivity index (χ3v) is 1.49. The zero-order valence-corrected chi connectivity index (χ0v) is 8.15. The first-order valence-electron chi connectivity index (χ1n) is 3.33. The molecule has 1 aromatic carbocycles. The van der Waals surface area contributed by atoms with Crippen LogP contribution < -0.4 is 0 Å². The molecule has 0 heterocycles. The van der Waals surface area contributed by atoms with Gasteiger partial charge in [-0.25, -0.2) is 12.1 Å². The number of hydrogen-bond donors (Lipinski definition) is 0. The van der Waals surface area contributed by atoms with Crippen molar-refractivity contribution in [1.82, 2.24) is 0 Å². The molecule has 1 radical (unpaired) electrons. The van der Waals surface area contributed by atoms with Gasteiger partial charge in [0.15, 0.2) is 0 Å². The van der Waals surface area contributed by atoms with E-state index in [4.69, 9.17) is 0 Å². The van der Waals surface area contributed by atoms with Crippen molar-refractivity contribution in [3.63, 3.8) is 0 Å². The molecule has 0 aromatic heterocycles. The molecule has 0 atom stereocenters. The summed E-state index contributed by atoms with van der Waals surface area (Å²) in [6, 6.07) is 11.0. The van der Waals surface area contributed by atoms with E-state index < -0.39 is 0 Å². The summed E-state index contributed by atoms with van der Waals surface area (Å²) in [6.45, 7) is 3.95. The normalized spacial score (nSPS) is 10.5. The van der Waals surface area contributed by atoms with E-state index in [1.165, 1.54) is 0 Å². The molecule has 0 amide bonds. The van der Waals surface area contributed by atoms with Crippen molar-refractivity contribution in [2.45, 2.75) is 13.8 Å². The second kappa shape index (κ2) is 5.23. The number of allylic oxidation sites excluding steroid dienone is 2. The summed E-state index contributed by atoms with van der Waals surface area (Å²) in [6.07, 6.45) is 3.07. The second-order valence-electron chi connectivity index (χ2n) is 2.15. The standard InChI is InChI=1S/C10H10.V/c1-3-9(2)10-7-5-4-6-8-10;/h4-7H,1-2H3;/q-2;+2. The van der Waals surface area contributed by atoms with Crippen molar-refractivity contribution in [3.8, 4) is 0 Å². The van der Waals surface area contributed by atoms with Gasteiger partial charge >= 0.3 is 18.6 Å². The van der Waals surface area contributed by atoms with Crippen LogP contribution in [-0.2, 0) is 18.6 Å². The molecule has 0 N–H and O–H groups in total. The fraction of sp³-hybridized carbons (Fsp3) is 0.200. The molecule has 0 aliphatic heterocycles. The number of hydrogen-bond acceptors (Lipinski definition) is 0. The van der Waals surface area contributed by atoms with Gasteiger partial charge in [-0.2, -0.15) is 12.1 Å². The Hall–Kier alpha value is -0.456. The fourth-order valence-corrected chi connectivity index (χ4v) is 0.761. The molecule has 0 aliphatic carbocycles. The molecule has 0 aliphatic rings. The van der Waals surface area contributed by atoms with Gasteiger partial charge in [0.2, 0.25) is 0 Å². The Balaban J connectivity index is 0.000001000. The van der Waals surface area contributed by atoms with Crippen LogP contribution in [0.3, 0.4) is 0 Å². The molecule has 1 rings (SSSR count). The van der Waals surface area contributed by atoms with E-state index in [-0.39, 0.29) is 18.6 Å². The Morgan fingerprint density at radius 1 is 1.45 bits per heavy atom. The summed E-state index contributed by atoms with van der Waals surface area (Å²) >= 11 is 0. The molecule has 1 aromatic rings. The molecule has 0 spiro atoms. The Labute approximate surface area is 80.2 Å². The van der Waals surface area contributed by atoms with Crippen LogP contribution in [0, 0.1) is 12.1 Å². The quantitative estimate of drug-likeness (QED) is 0.584. The van der Waals surface area contributed by atoms with Crippen molar-refractivity contribution < 1.29 is 18.6 Å². The van der Waals surface area contributed by atoms with Gasteiger partial charge in [-0.05, 0) is 0 Å². The van der Waals surface area contributed by atoms with E-state index >= 15 is 0 Å². The van der Waals surface area contributed by atoms with Crippen LogP contribution in [0.25, 0.3) is 5.57 Å².